The molecule has 0 spiro atoms. The largest absolute Gasteiger partial charge is 0.375 e. The van der Waals surface area contributed by atoms with Crippen LogP contribution in [0, 0.1) is 0 Å². The van der Waals surface area contributed by atoms with Crippen molar-refractivity contribution in [3.63, 3.8) is 0 Å². The zero-order chi connectivity index (χ0) is 16.4. The van der Waals surface area contributed by atoms with Crippen molar-refractivity contribution in [2.45, 2.75) is 24.7 Å². The molecule has 0 radical (unpaired) electrons. The summed E-state index contributed by atoms with van der Waals surface area (Å²) in [6.07, 6.45) is 2.73. The molecule has 2 aliphatic heterocycles. The van der Waals surface area contributed by atoms with E-state index in [1.165, 1.54) is 16.7 Å². The number of nitrogens with one attached hydrogen (secondary N) is 1. The van der Waals surface area contributed by atoms with Crippen LogP contribution in [0.3, 0.4) is 0 Å². The molecule has 2 aromatic rings. The van der Waals surface area contributed by atoms with E-state index < -0.39 is 0 Å². The Kier molecular flexibility index (Phi) is 4.32. The van der Waals surface area contributed by atoms with Gasteiger partial charge < -0.3 is 19.8 Å². The lowest BCUT2D eigenvalue weighted by Gasteiger charge is -2.43. The van der Waals surface area contributed by atoms with Crippen molar-refractivity contribution in [2.75, 3.05) is 25.6 Å². The molecule has 4 rings (SSSR count). The molecule has 2 aromatic carbocycles. The zero-order valence-corrected chi connectivity index (χ0v) is 13.8. The van der Waals surface area contributed by atoms with Gasteiger partial charge in [-0.25, -0.2) is 0 Å². The number of ether oxygens (including phenoxy) is 2. The molecule has 0 unspecified atom stereocenters. The first-order chi connectivity index (χ1) is 11.9. The summed E-state index contributed by atoms with van der Waals surface area (Å²) < 4.78 is 12.2. The molecule has 3 atom stereocenters. The third-order valence-electron chi connectivity index (χ3n) is 4.72. The molecular formula is C20H22N2O2. The minimum absolute atomic E-state index is 0.0104. The van der Waals surface area contributed by atoms with E-state index in [1.54, 1.807) is 7.05 Å². The summed E-state index contributed by atoms with van der Waals surface area (Å²) >= 11 is 0. The molecular weight excluding hydrogens is 300 g/mol. The minimum Gasteiger partial charge on any atom is -0.375 e. The molecule has 1 fully saturated rings. The van der Waals surface area contributed by atoms with E-state index in [1.807, 2.05) is 12.3 Å². The molecule has 0 bridgehead atoms. The van der Waals surface area contributed by atoms with Gasteiger partial charge in [0.2, 0.25) is 0 Å². The predicted octanol–water partition coefficient (Wildman–Crippen LogP) is 3.55. The van der Waals surface area contributed by atoms with Gasteiger partial charge in [0.1, 0.15) is 12.2 Å². The van der Waals surface area contributed by atoms with Gasteiger partial charge in [-0.15, -0.1) is 0 Å². The van der Waals surface area contributed by atoms with Crippen molar-refractivity contribution in [1.29, 1.82) is 0 Å². The Morgan fingerprint density at radius 3 is 2.79 bits per heavy atom. The van der Waals surface area contributed by atoms with Crippen LogP contribution >= 0.6 is 0 Å². The fourth-order valence-electron chi connectivity index (χ4n) is 3.57. The lowest BCUT2D eigenvalue weighted by atomic mass is 9.87. The lowest BCUT2D eigenvalue weighted by Crippen LogP contribution is -2.43. The molecule has 124 valence electrons. The van der Waals surface area contributed by atoms with E-state index in [2.05, 4.69) is 52.8 Å². The van der Waals surface area contributed by atoms with Crippen LogP contribution in [0.4, 0.5) is 5.69 Å². The molecule has 24 heavy (non-hydrogen) atoms. The Morgan fingerprint density at radius 2 is 1.96 bits per heavy atom. The zero-order valence-electron chi connectivity index (χ0n) is 13.8. The first kappa shape index (κ1) is 15.4. The van der Waals surface area contributed by atoms with Gasteiger partial charge in [0.15, 0.2) is 0 Å². The minimum atomic E-state index is -0.0290. The highest BCUT2D eigenvalue weighted by molar-refractivity contribution is 5.64. The molecule has 1 saturated heterocycles. The van der Waals surface area contributed by atoms with Crippen molar-refractivity contribution >= 4 is 11.9 Å². The average molecular weight is 322 g/mol. The second-order valence-corrected chi connectivity index (χ2v) is 6.23. The summed E-state index contributed by atoms with van der Waals surface area (Å²) in [6, 6.07) is 17.1. The van der Waals surface area contributed by atoms with Gasteiger partial charge in [-0.2, -0.15) is 0 Å². The number of hydrogen-bond acceptors (Lipinski definition) is 4. The van der Waals surface area contributed by atoms with Crippen LogP contribution in [0.5, 0.6) is 0 Å². The molecule has 2 heterocycles. The van der Waals surface area contributed by atoms with Crippen LogP contribution in [-0.4, -0.2) is 32.6 Å². The maximum atomic E-state index is 6.12. The Hall–Kier alpha value is -2.17. The van der Waals surface area contributed by atoms with Gasteiger partial charge in [-0.1, -0.05) is 42.5 Å². The van der Waals surface area contributed by atoms with Crippen LogP contribution in [-0.2, 0) is 15.9 Å². The Bertz CT molecular complexity index is 730. The highest BCUT2D eigenvalue weighted by atomic mass is 16.6. The first-order valence-corrected chi connectivity index (χ1v) is 8.45. The van der Waals surface area contributed by atoms with E-state index in [9.17, 15) is 0 Å². The van der Waals surface area contributed by atoms with Crippen molar-refractivity contribution in [3.05, 3.63) is 65.2 Å². The third-order valence-corrected chi connectivity index (χ3v) is 4.72. The van der Waals surface area contributed by atoms with E-state index in [0.29, 0.717) is 13.2 Å². The number of fused-ring (bicyclic) bond motifs is 3. The van der Waals surface area contributed by atoms with E-state index in [0.717, 1.165) is 12.1 Å². The molecule has 4 nitrogen and oxygen atoms in total. The quantitative estimate of drug-likeness (QED) is 0.879. The van der Waals surface area contributed by atoms with Crippen molar-refractivity contribution in [1.82, 2.24) is 0 Å². The van der Waals surface area contributed by atoms with E-state index in [-0.39, 0.29) is 18.2 Å². The summed E-state index contributed by atoms with van der Waals surface area (Å²) in [4.78, 5) is 4.08. The number of benzene rings is 2. The summed E-state index contributed by atoms with van der Waals surface area (Å²) in [6.45, 7) is 1.28. The van der Waals surface area contributed by atoms with Gasteiger partial charge in [0.05, 0.1) is 19.3 Å². The monoisotopic (exact) mass is 322 g/mol. The maximum Gasteiger partial charge on any atom is 0.113 e. The Morgan fingerprint density at radius 1 is 1.12 bits per heavy atom. The van der Waals surface area contributed by atoms with Gasteiger partial charge in [0, 0.05) is 30.9 Å². The fourth-order valence-corrected chi connectivity index (χ4v) is 3.57. The molecule has 0 saturated carbocycles. The maximum absolute atomic E-state index is 6.12. The average Bonchev–Trinajstić information content (AvgIpc) is 2.66. The summed E-state index contributed by atoms with van der Waals surface area (Å²) in [5.41, 5.74) is 4.79. The van der Waals surface area contributed by atoms with Crippen molar-refractivity contribution < 1.29 is 9.47 Å². The van der Waals surface area contributed by atoms with Crippen LogP contribution < -0.4 is 5.32 Å². The first-order valence-electron chi connectivity index (χ1n) is 8.45. The number of nitrogens with zero attached hydrogens (tertiary/aromatic N) is 1. The van der Waals surface area contributed by atoms with Gasteiger partial charge in [-0.3, -0.25) is 0 Å². The Labute approximate surface area is 142 Å². The fraction of sp³-hybridized carbons (Fsp3) is 0.350. The molecule has 0 aliphatic carbocycles. The van der Waals surface area contributed by atoms with Crippen LogP contribution in [0.25, 0.3) is 0 Å². The normalized spacial score (nSPS) is 25.8. The lowest BCUT2D eigenvalue weighted by molar-refractivity contribution is -0.151. The van der Waals surface area contributed by atoms with Gasteiger partial charge in [0.25, 0.3) is 0 Å². The van der Waals surface area contributed by atoms with Gasteiger partial charge in [-0.05, 0) is 17.2 Å². The number of anilines is 1. The van der Waals surface area contributed by atoms with E-state index >= 15 is 0 Å². The standard InChI is InChI=1S/C20H22N2O2/c1-21-10-9-14-7-8-17-16(13-14)19-20(24-12-11-23-19)18(22-17)15-5-3-2-4-6-15/h2-8,10,13,18-20,22H,9,11-12H2,1H3/t18-,19+,20-/m0/s1. The molecule has 1 N–H and O–H groups in total. The van der Waals surface area contributed by atoms with E-state index in [4.69, 9.17) is 9.47 Å². The SMILES string of the molecule is CN=CCc1ccc2c(c1)[C@H]1OCCO[C@H]1[C@H](c1ccccc1)N2. The third kappa shape index (κ3) is 2.83. The summed E-state index contributed by atoms with van der Waals surface area (Å²) in [5, 5.41) is 3.66. The second kappa shape index (κ2) is 6.75. The molecule has 2 aliphatic rings. The highest BCUT2D eigenvalue weighted by Gasteiger charge is 2.40. The highest BCUT2D eigenvalue weighted by Crippen LogP contribution is 2.44. The topological polar surface area (TPSA) is 42.9 Å². The number of hydrogen-bond donors (Lipinski definition) is 1. The molecule has 0 amide bonds. The van der Waals surface area contributed by atoms with Crippen molar-refractivity contribution in [2.24, 2.45) is 4.99 Å². The molecule has 4 heteroatoms. The van der Waals surface area contributed by atoms with Crippen molar-refractivity contribution in [3.8, 4) is 0 Å². The number of rotatable bonds is 3. The Balaban J connectivity index is 1.72. The predicted molar refractivity (Wildman–Crippen MR) is 95.8 cm³/mol. The summed E-state index contributed by atoms with van der Waals surface area (Å²) in [7, 11) is 1.80. The number of aliphatic imine (C=N–C) groups is 1. The van der Waals surface area contributed by atoms with Crippen LogP contribution in [0.1, 0.15) is 28.8 Å². The molecule has 0 aromatic heterocycles. The summed E-state index contributed by atoms with van der Waals surface area (Å²) in [5.74, 6) is 0. The second-order valence-electron chi connectivity index (χ2n) is 6.23. The van der Waals surface area contributed by atoms with Crippen LogP contribution in [0.15, 0.2) is 53.5 Å². The smallest absolute Gasteiger partial charge is 0.113 e. The van der Waals surface area contributed by atoms with Gasteiger partial charge >= 0.3 is 0 Å². The van der Waals surface area contributed by atoms with Crippen LogP contribution in [0.2, 0.25) is 0 Å².